The molecule has 1 heterocycles. The highest BCUT2D eigenvalue weighted by Gasteiger charge is 2.19. The van der Waals surface area contributed by atoms with E-state index in [1.807, 2.05) is 0 Å². The minimum Gasteiger partial charge on any atom is -0.478 e. The normalized spacial score (nSPS) is 11.1. The Kier molecular flexibility index (Phi) is 3.90. The summed E-state index contributed by atoms with van der Waals surface area (Å²) in [6, 6.07) is 5.54. The fraction of sp³-hybridized carbons (Fsp3) is 0.0769. The quantitative estimate of drug-likeness (QED) is 0.900. The Morgan fingerprint density at radius 1 is 1.29 bits per heavy atom. The first-order valence-electron chi connectivity index (χ1n) is 5.78. The minimum absolute atomic E-state index is 0.281. The molecule has 2 rings (SSSR count). The number of carboxylic acid groups (broad SMARTS) is 1. The van der Waals surface area contributed by atoms with Gasteiger partial charge in [0.05, 0.1) is 16.1 Å². The summed E-state index contributed by atoms with van der Waals surface area (Å²) in [6.07, 6.45) is 1.43. The first-order chi connectivity index (χ1) is 9.79. The molecule has 2 aromatic rings. The molecule has 2 N–H and O–H groups in total. The highest BCUT2D eigenvalue weighted by molar-refractivity contribution is 7.92. The number of pyridine rings is 1. The van der Waals surface area contributed by atoms with Crippen LogP contribution in [-0.4, -0.2) is 24.5 Å². The molecule has 0 unspecified atom stereocenters. The number of anilines is 1. The minimum atomic E-state index is -4.01. The number of nitrogens with zero attached hydrogens (tertiary/aromatic N) is 1. The molecule has 0 spiro atoms. The van der Waals surface area contributed by atoms with Crippen LogP contribution in [-0.2, 0) is 10.0 Å². The van der Waals surface area contributed by atoms with Gasteiger partial charge in [-0.2, -0.15) is 0 Å². The number of carbonyl (C=O) groups is 1. The monoisotopic (exact) mass is 310 g/mol. The van der Waals surface area contributed by atoms with Crippen LogP contribution in [0.2, 0.25) is 0 Å². The third kappa shape index (κ3) is 3.34. The number of benzene rings is 1. The zero-order valence-electron chi connectivity index (χ0n) is 10.9. The summed E-state index contributed by atoms with van der Waals surface area (Å²) < 4.78 is 39.9. The van der Waals surface area contributed by atoms with Gasteiger partial charge in [-0.15, -0.1) is 0 Å². The van der Waals surface area contributed by atoms with Crippen molar-refractivity contribution in [1.29, 1.82) is 0 Å². The van der Waals surface area contributed by atoms with Crippen LogP contribution in [0, 0.1) is 12.7 Å². The van der Waals surface area contributed by atoms with E-state index in [1.54, 1.807) is 6.92 Å². The van der Waals surface area contributed by atoms with Crippen molar-refractivity contribution in [3.63, 3.8) is 0 Å². The SMILES string of the molecule is Cc1cc(NS(=O)(=O)c2ccc(F)c(C(=O)O)c2)ccn1. The average molecular weight is 310 g/mol. The van der Waals surface area contributed by atoms with Crippen LogP contribution < -0.4 is 4.72 Å². The van der Waals surface area contributed by atoms with E-state index in [0.29, 0.717) is 5.69 Å². The van der Waals surface area contributed by atoms with Crippen molar-refractivity contribution in [3.05, 3.63) is 53.6 Å². The van der Waals surface area contributed by atoms with Crippen LogP contribution in [0.3, 0.4) is 0 Å². The maximum atomic E-state index is 13.3. The van der Waals surface area contributed by atoms with E-state index in [0.717, 1.165) is 18.2 Å². The molecule has 0 saturated carbocycles. The number of carboxylic acids is 1. The van der Waals surface area contributed by atoms with E-state index in [2.05, 4.69) is 9.71 Å². The zero-order valence-corrected chi connectivity index (χ0v) is 11.7. The van der Waals surface area contributed by atoms with E-state index >= 15 is 0 Å². The Hall–Kier alpha value is -2.48. The van der Waals surface area contributed by atoms with Gasteiger partial charge in [-0.25, -0.2) is 17.6 Å². The largest absolute Gasteiger partial charge is 0.478 e. The zero-order chi connectivity index (χ0) is 15.6. The topological polar surface area (TPSA) is 96.4 Å². The molecule has 0 saturated heterocycles. The van der Waals surface area contributed by atoms with Gasteiger partial charge in [0.2, 0.25) is 0 Å². The highest BCUT2D eigenvalue weighted by atomic mass is 32.2. The lowest BCUT2D eigenvalue weighted by Gasteiger charge is -2.09. The Morgan fingerprint density at radius 2 is 2.00 bits per heavy atom. The van der Waals surface area contributed by atoms with Crippen LogP contribution in [0.5, 0.6) is 0 Å². The molecule has 21 heavy (non-hydrogen) atoms. The van der Waals surface area contributed by atoms with Crippen LogP contribution in [0.25, 0.3) is 0 Å². The molecule has 0 fully saturated rings. The third-order valence-corrected chi connectivity index (χ3v) is 4.01. The van der Waals surface area contributed by atoms with Crippen LogP contribution >= 0.6 is 0 Å². The van der Waals surface area contributed by atoms with Crippen LogP contribution in [0.1, 0.15) is 16.1 Å². The fourth-order valence-corrected chi connectivity index (χ4v) is 2.73. The third-order valence-electron chi connectivity index (χ3n) is 2.63. The molecule has 0 bridgehead atoms. The number of sulfonamides is 1. The van der Waals surface area contributed by atoms with Gasteiger partial charge in [0.15, 0.2) is 0 Å². The summed E-state index contributed by atoms with van der Waals surface area (Å²) in [6.45, 7) is 1.69. The number of aryl methyl sites for hydroxylation is 1. The number of hydrogen-bond acceptors (Lipinski definition) is 4. The molecule has 0 aliphatic heterocycles. The van der Waals surface area contributed by atoms with Crippen molar-refractivity contribution in [2.24, 2.45) is 0 Å². The van der Waals surface area contributed by atoms with Gasteiger partial charge in [-0.1, -0.05) is 0 Å². The molecule has 1 aromatic carbocycles. The second-order valence-electron chi connectivity index (χ2n) is 4.24. The molecule has 0 aliphatic carbocycles. The summed E-state index contributed by atoms with van der Waals surface area (Å²) in [5, 5.41) is 8.82. The average Bonchev–Trinajstić information content (AvgIpc) is 2.38. The van der Waals surface area contributed by atoms with Gasteiger partial charge in [-0.3, -0.25) is 9.71 Å². The molecule has 0 aliphatic rings. The summed E-state index contributed by atoms with van der Waals surface area (Å²) in [4.78, 5) is 14.4. The van der Waals surface area contributed by atoms with Crippen molar-refractivity contribution in [2.75, 3.05) is 4.72 Å². The predicted octanol–water partition coefficient (Wildman–Crippen LogP) is 2.03. The van der Waals surface area contributed by atoms with Crippen molar-refractivity contribution in [3.8, 4) is 0 Å². The Balaban J connectivity index is 2.40. The molecular weight excluding hydrogens is 299 g/mol. The van der Waals surface area contributed by atoms with E-state index in [-0.39, 0.29) is 10.6 Å². The Bertz CT molecular complexity index is 806. The lowest BCUT2D eigenvalue weighted by molar-refractivity contribution is 0.0691. The van der Waals surface area contributed by atoms with Gasteiger partial charge in [0.1, 0.15) is 5.82 Å². The first-order valence-corrected chi connectivity index (χ1v) is 7.26. The van der Waals surface area contributed by atoms with Gasteiger partial charge < -0.3 is 5.11 Å². The number of hydrogen-bond donors (Lipinski definition) is 2. The molecule has 0 radical (unpaired) electrons. The second-order valence-corrected chi connectivity index (χ2v) is 5.92. The van der Waals surface area contributed by atoms with E-state index < -0.39 is 27.4 Å². The summed E-state index contributed by atoms with van der Waals surface area (Å²) in [5.41, 5.74) is 0.188. The van der Waals surface area contributed by atoms with Crippen molar-refractivity contribution in [1.82, 2.24) is 4.98 Å². The number of aromatic carboxylic acids is 1. The summed E-state index contributed by atoms with van der Waals surface area (Å²) in [5.74, 6) is -2.54. The highest BCUT2D eigenvalue weighted by Crippen LogP contribution is 2.19. The van der Waals surface area contributed by atoms with Crippen LogP contribution in [0.15, 0.2) is 41.4 Å². The molecule has 6 nitrogen and oxygen atoms in total. The predicted molar refractivity (Wildman–Crippen MR) is 73.1 cm³/mol. The smallest absolute Gasteiger partial charge is 0.338 e. The van der Waals surface area contributed by atoms with Crippen molar-refractivity contribution >= 4 is 21.7 Å². The number of nitrogens with one attached hydrogen (secondary N) is 1. The standard InChI is InChI=1S/C13H11FN2O4S/c1-8-6-9(4-5-15-8)16-21(19,20)10-2-3-12(14)11(7-10)13(17)18/h2-7H,1H3,(H,15,16)(H,17,18). The van der Waals surface area contributed by atoms with Gasteiger partial charge in [-0.05, 0) is 37.3 Å². The second kappa shape index (κ2) is 5.49. The molecule has 1 aromatic heterocycles. The number of aromatic nitrogens is 1. The number of rotatable bonds is 4. The lowest BCUT2D eigenvalue weighted by atomic mass is 10.2. The number of halogens is 1. The maximum Gasteiger partial charge on any atom is 0.338 e. The molecule has 0 amide bonds. The Labute approximate surface area is 120 Å². The van der Waals surface area contributed by atoms with Gasteiger partial charge in [0.25, 0.3) is 10.0 Å². The summed E-state index contributed by atoms with van der Waals surface area (Å²) in [7, 11) is -4.01. The molecular formula is C13H11FN2O4S. The molecule has 110 valence electrons. The lowest BCUT2D eigenvalue weighted by Crippen LogP contribution is -2.14. The van der Waals surface area contributed by atoms with Gasteiger partial charge in [0, 0.05) is 11.9 Å². The van der Waals surface area contributed by atoms with E-state index in [4.69, 9.17) is 5.11 Å². The van der Waals surface area contributed by atoms with Gasteiger partial charge >= 0.3 is 5.97 Å². The van der Waals surface area contributed by atoms with Crippen molar-refractivity contribution in [2.45, 2.75) is 11.8 Å². The Morgan fingerprint density at radius 3 is 2.62 bits per heavy atom. The molecule has 0 atom stereocenters. The molecule has 8 heteroatoms. The summed E-state index contributed by atoms with van der Waals surface area (Å²) >= 11 is 0. The van der Waals surface area contributed by atoms with Crippen LogP contribution in [0.4, 0.5) is 10.1 Å². The first kappa shape index (κ1) is 14.9. The van der Waals surface area contributed by atoms with Crippen molar-refractivity contribution < 1.29 is 22.7 Å². The fourth-order valence-electron chi connectivity index (χ4n) is 1.66. The van der Waals surface area contributed by atoms with E-state index in [1.165, 1.54) is 18.3 Å². The van der Waals surface area contributed by atoms with E-state index in [9.17, 15) is 17.6 Å². The maximum absolute atomic E-state index is 13.3.